The van der Waals surface area contributed by atoms with Gasteiger partial charge >= 0.3 is 0 Å². The average molecular weight is 279 g/mol. The van der Waals surface area contributed by atoms with Crippen LogP contribution in [0.1, 0.15) is 15.3 Å². The molecule has 1 heterocycles. The van der Waals surface area contributed by atoms with Crippen LogP contribution < -0.4 is 0 Å². The Balaban J connectivity index is 2.69. The monoisotopic (exact) mass is 279 g/mol. The lowest BCUT2D eigenvalue weighted by Gasteiger charge is -2.05. The standard InChI is InChI=1S/C16H13N3S/c1-19(2)9-8-13-14(10-17)20-15(11-18)16(13)12-6-4-3-5-7-12/h3-9H,1-2H3/b9-8+. The molecular weight excluding hydrogens is 266 g/mol. The smallest absolute Gasteiger partial charge is 0.114 e. The molecule has 0 bridgehead atoms. The maximum absolute atomic E-state index is 9.31. The van der Waals surface area contributed by atoms with Gasteiger partial charge in [-0.15, -0.1) is 11.3 Å². The van der Waals surface area contributed by atoms with E-state index in [4.69, 9.17) is 0 Å². The van der Waals surface area contributed by atoms with Crippen LogP contribution in [0, 0.1) is 22.7 Å². The number of nitriles is 2. The quantitative estimate of drug-likeness (QED) is 0.861. The summed E-state index contributed by atoms with van der Waals surface area (Å²) in [6.45, 7) is 0. The van der Waals surface area contributed by atoms with E-state index in [1.807, 2.05) is 61.6 Å². The molecule has 0 atom stereocenters. The van der Waals surface area contributed by atoms with Crippen molar-refractivity contribution in [2.45, 2.75) is 0 Å². The van der Waals surface area contributed by atoms with E-state index >= 15 is 0 Å². The fraction of sp³-hybridized carbons (Fsp3) is 0.125. The summed E-state index contributed by atoms with van der Waals surface area (Å²) in [5.41, 5.74) is 2.61. The number of hydrogen-bond donors (Lipinski definition) is 0. The van der Waals surface area contributed by atoms with Crippen molar-refractivity contribution < 1.29 is 0 Å². The lowest BCUT2D eigenvalue weighted by molar-refractivity contribution is 0.567. The van der Waals surface area contributed by atoms with Gasteiger partial charge in [-0.1, -0.05) is 30.3 Å². The topological polar surface area (TPSA) is 50.8 Å². The molecule has 0 aliphatic carbocycles. The van der Waals surface area contributed by atoms with Gasteiger partial charge in [0.1, 0.15) is 21.9 Å². The van der Waals surface area contributed by atoms with E-state index in [0.29, 0.717) is 9.75 Å². The SMILES string of the molecule is CN(C)/C=C/c1c(C#N)sc(C#N)c1-c1ccccc1. The van der Waals surface area contributed by atoms with Crippen molar-refractivity contribution in [2.24, 2.45) is 0 Å². The predicted molar refractivity (Wildman–Crippen MR) is 81.9 cm³/mol. The van der Waals surface area contributed by atoms with Crippen LogP contribution in [-0.2, 0) is 0 Å². The zero-order valence-electron chi connectivity index (χ0n) is 11.3. The summed E-state index contributed by atoms with van der Waals surface area (Å²) in [5.74, 6) is 0. The summed E-state index contributed by atoms with van der Waals surface area (Å²) in [5, 5.41) is 18.6. The predicted octanol–water partition coefficient (Wildman–Crippen LogP) is 3.69. The van der Waals surface area contributed by atoms with Crippen LogP contribution in [0.3, 0.4) is 0 Å². The zero-order valence-corrected chi connectivity index (χ0v) is 12.1. The lowest BCUT2D eigenvalue weighted by Crippen LogP contribution is -1.99. The molecule has 0 aliphatic rings. The summed E-state index contributed by atoms with van der Waals surface area (Å²) in [6, 6.07) is 14.1. The third-order valence-electron chi connectivity index (χ3n) is 2.75. The van der Waals surface area contributed by atoms with Gasteiger partial charge in [-0.3, -0.25) is 0 Å². The summed E-state index contributed by atoms with van der Waals surface area (Å²) in [4.78, 5) is 3.05. The average Bonchev–Trinajstić information content (AvgIpc) is 2.83. The van der Waals surface area contributed by atoms with Crippen molar-refractivity contribution in [2.75, 3.05) is 14.1 Å². The van der Waals surface area contributed by atoms with Crippen LogP contribution in [-0.4, -0.2) is 19.0 Å². The number of nitrogens with zero attached hydrogens (tertiary/aromatic N) is 3. The summed E-state index contributed by atoms with van der Waals surface area (Å²) in [7, 11) is 3.84. The highest BCUT2D eigenvalue weighted by Gasteiger charge is 2.17. The summed E-state index contributed by atoms with van der Waals surface area (Å²) in [6.07, 6.45) is 3.77. The van der Waals surface area contributed by atoms with E-state index < -0.39 is 0 Å². The van der Waals surface area contributed by atoms with Gasteiger partial charge in [0, 0.05) is 25.2 Å². The van der Waals surface area contributed by atoms with Crippen molar-refractivity contribution in [3.8, 4) is 23.3 Å². The first-order chi connectivity index (χ1) is 9.67. The molecule has 3 nitrogen and oxygen atoms in total. The summed E-state index contributed by atoms with van der Waals surface area (Å²) < 4.78 is 0. The summed E-state index contributed by atoms with van der Waals surface area (Å²) >= 11 is 1.24. The Hall–Kier alpha value is -2.56. The molecule has 0 radical (unpaired) electrons. The number of benzene rings is 1. The molecule has 2 aromatic rings. The molecule has 4 heteroatoms. The zero-order chi connectivity index (χ0) is 14.5. The molecule has 0 saturated carbocycles. The molecule has 0 N–H and O–H groups in total. The molecule has 0 saturated heterocycles. The van der Waals surface area contributed by atoms with Gasteiger partial charge in [0.05, 0.1) is 0 Å². The molecule has 1 aromatic heterocycles. The van der Waals surface area contributed by atoms with E-state index in [9.17, 15) is 10.5 Å². The molecule has 0 spiro atoms. The minimum Gasteiger partial charge on any atom is -0.383 e. The first kappa shape index (κ1) is 13.9. The van der Waals surface area contributed by atoms with Crippen LogP contribution >= 0.6 is 11.3 Å². The van der Waals surface area contributed by atoms with Gasteiger partial charge in [-0.05, 0) is 17.8 Å². The maximum atomic E-state index is 9.31. The molecular formula is C16H13N3S. The highest BCUT2D eigenvalue weighted by molar-refractivity contribution is 7.13. The lowest BCUT2D eigenvalue weighted by atomic mass is 10.0. The molecule has 2 rings (SSSR count). The fourth-order valence-corrected chi connectivity index (χ4v) is 2.79. The molecule has 0 unspecified atom stereocenters. The third kappa shape index (κ3) is 2.71. The Morgan fingerprint density at radius 2 is 1.70 bits per heavy atom. The second kappa shape index (κ2) is 6.06. The van der Waals surface area contributed by atoms with Crippen LogP contribution in [0.2, 0.25) is 0 Å². The number of thiophene rings is 1. The molecule has 0 aliphatic heterocycles. The van der Waals surface area contributed by atoms with Crippen molar-refractivity contribution in [3.05, 3.63) is 51.8 Å². The molecule has 1 aromatic carbocycles. The Kier molecular flexibility index (Phi) is 4.20. The Labute approximate surface area is 122 Å². The van der Waals surface area contributed by atoms with E-state index in [2.05, 4.69) is 12.1 Å². The van der Waals surface area contributed by atoms with Crippen LogP contribution in [0.4, 0.5) is 0 Å². The van der Waals surface area contributed by atoms with E-state index in [1.165, 1.54) is 11.3 Å². The minimum absolute atomic E-state index is 0.568. The van der Waals surface area contributed by atoms with Crippen LogP contribution in [0.5, 0.6) is 0 Å². The van der Waals surface area contributed by atoms with Crippen molar-refractivity contribution in [3.63, 3.8) is 0 Å². The van der Waals surface area contributed by atoms with Crippen molar-refractivity contribution in [1.82, 2.24) is 4.90 Å². The van der Waals surface area contributed by atoms with Gasteiger partial charge in [-0.2, -0.15) is 10.5 Å². The van der Waals surface area contributed by atoms with Gasteiger partial charge in [0.2, 0.25) is 0 Å². The molecule has 20 heavy (non-hydrogen) atoms. The second-order valence-electron chi connectivity index (χ2n) is 4.42. The molecule has 0 fully saturated rings. The van der Waals surface area contributed by atoms with E-state index in [-0.39, 0.29) is 0 Å². The Morgan fingerprint density at radius 3 is 2.25 bits per heavy atom. The van der Waals surface area contributed by atoms with Gasteiger partial charge in [0.15, 0.2) is 0 Å². The van der Waals surface area contributed by atoms with Gasteiger partial charge in [-0.25, -0.2) is 0 Å². The Morgan fingerprint density at radius 1 is 1.05 bits per heavy atom. The van der Waals surface area contributed by atoms with Crippen molar-refractivity contribution in [1.29, 1.82) is 10.5 Å². The largest absolute Gasteiger partial charge is 0.383 e. The van der Waals surface area contributed by atoms with Crippen molar-refractivity contribution >= 4 is 17.4 Å². The number of rotatable bonds is 3. The van der Waals surface area contributed by atoms with Gasteiger partial charge < -0.3 is 4.90 Å². The molecule has 0 amide bonds. The highest BCUT2D eigenvalue weighted by Crippen LogP contribution is 2.36. The third-order valence-corrected chi connectivity index (χ3v) is 3.76. The Bertz CT molecular complexity index is 713. The van der Waals surface area contributed by atoms with Gasteiger partial charge in [0.25, 0.3) is 0 Å². The minimum atomic E-state index is 0.568. The molecule has 98 valence electrons. The normalized spacial score (nSPS) is 10.2. The highest BCUT2D eigenvalue weighted by atomic mass is 32.1. The van der Waals surface area contributed by atoms with E-state index in [0.717, 1.165) is 16.7 Å². The van der Waals surface area contributed by atoms with E-state index in [1.54, 1.807) is 0 Å². The second-order valence-corrected chi connectivity index (χ2v) is 5.44. The first-order valence-corrected chi connectivity index (χ1v) is 6.86. The first-order valence-electron chi connectivity index (χ1n) is 6.04. The maximum Gasteiger partial charge on any atom is 0.114 e. The van der Waals surface area contributed by atoms with Crippen LogP contribution in [0.25, 0.3) is 17.2 Å². The fourth-order valence-electron chi connectivity index (χ4n) is 1.88. The number of hydrogen-bond acceptors (Lipinski definition) is 4. The van der Waals surface area contributed by atoms with Crippen LogP contribution in [0.15, 0.2) is 36.5 Å².